The van der Waals surface area contributed by atoms with Gasteiger partial charge in [0.2, 0.25) is 17.7 Å². The second kappa shape index (κ2) is 6.85. The highest BCUT2D eigenvalue weighted by Gasteiger charge is 2.73. The summed E-state index contributed by atoms with van der Waals surface area (Å²) < 4.78 is -1.41. The molecule has 30 heavy (non-hydrogen) atoms. The maximum absolute atomic E-state index is 13.8. The molecule has 2 saturated heterocycles. The van der Waals surface area contributed by atoms with Crippen LogP contribution in [0.3, 0.4) is 0 Å². The number of carbonyl (C=O) groups excluding carboxylic acids is 3. The van der Waals surface area contributed by atoms with Gasteiger partial charge in [-0.2, -0.15) is 0 Å². The van der Waals surface area contributed by atoms with Gasteiger partial charge in [0.25, 0.3) is 0 Å². The average molecular weight is 434 g/mol. The number of hydrogen-bond acceptors (Lipinski definition) is 5. The van der Waals surface area contributed by atoms with E-state index in [-0.39, 0.29) is 30.9 Å². The van der Waals surface area contributed by atoms with Crippen molar-refractivity contribution in [2.75, 3.05) is 33.3 Å². The molecular weight excluding hydrogens is 402 g/mol. The molecule has 8 heteroatoms. The molecule has 0 aromatic carbocycles. The molecule has 0 aromatic rings. The summed E-state index contributed by atoms with van der Waals surface area (Å²) in [4.78, 5) is 45.9. The van der Waals surface area contributed by atoms with Crippen molar-refractivity contribution in [1.82, 2.24) is 14.7 Å². The summed E-state index contributed by atoms with van der Waals surface area (Å²) in [6.45, 7) is 8.78. The van der Waals surface area contributed by atoms with Gasteiger partial charge in [-0.15, -0.1) is 11.8 Å². The summed E-state index contributed by atoms with van der Waals surface area (Å²) in [7, 11) is 1.76. The molecule has 1 unspecified atom stereocenters. The van der Waals surface area contributed by atoms with E-state index < -0.39 is 32.9 Å². The van der Waals surface area contributed by atoms with Gasteiger partial charge in [-0.1, -0.05) is 24.3 Å². The predicted molar refractivity (Wildman–Crippen MR) is 116 cm³/mol. The first-order valence-corrected chi connectivity index (χ1v) is 11.3. The molecule has 4 heterocycles. The van der Waals surface area contributed by atoms with Gasteiger partial charge in [0, 0.05) is 37.0 Å². The normalized spacial score (nSPS) is 38.5. The fraction of sp³-hybridized carbons (Fsp3) is 0.682. The number of thioether (sulfide) groups is 1. The Morgan fingerprint density at radius 2 is 1.73 bits per heavy atom. The monoisotopic (exact) mass is 433 g/mol. The van der Waals surface area contributed by atoms with Gasteiger partial charge in [-0.05, 0) is 27.7 Å². The van der Waals surface area contributed by atoms with Crippen LogP contribution in [-0.2, 0) is 14.4 Å². The lowest BCUT2D eigenvalue weighted by atomic mass is 9.74. The van der Waals surface area contributed by atoms with Crippen molar-refractivity contribution < 1.29 is 19.5 Å². The van der Waals surface area contributed by atoms with E-state index in [1.165, 1.54) is 4.90 Å². The van der Waals surface area contributed by atoms with E-state index in [9.17, 15) is 19.5 Å². The Morgan fingerprint density at radius 1 is 1.07 bits per heavy atom. The summed E-state index contributed by atoms with van der Waals surface area (Å²) in [6.07, 6.45) is 8.01. The van der Waals surface area contributed by atoms with Crippen molar-refractivity contribution >= 4 is 29.5 Å². The number of rotatable bonds is 2. The smallest absolute Gasteiger partial charge is 0.247 e. The van der Waals surface area contributed by atoms with Crippen molar-refractivity contribution in [3.8, 4) is 0 Å². The van der Waals surface area contributed by atoms with E-state index >= 15 is 0 Å². The molecule has 2 fully saturated rings. The number of aliphatic hydroxyl groups excluding tert-OH is 1. The SMILES string of the molecule is CN1CC=C[C@]2(C)S[C@]34C=CCN(C(C)(C)C)C(=O)C3N(CCO)C(=O)[C@@H]4[C@@H]2C1=O. The van der Waals surface area contributed by atoms with Gasteiger partial charge in [0.15, 0.2) is 0 Å². The second-order valence-corrected chi connectivity index (χ2v) is 11.7. The van der Waals surface area contributed by atoms with Crippen LogP contribution in [0.5, 0.6) is 0 Å². The Kier molecular flexibility index (Phi) is 4.90. The Morgan fingerprint density at radius 3 is 2.37 bits per heavy atom. The van der Waals surface area contributed by atoms with Crippen molar-refractivity contribution in [3.05, 3.63) is 24.3 Å². The Labute approximate surface area is 182 Å². The van der Waals surface area contributed by atoms with Gasteiger partial charge < -0.3 is 19.8 Å². The largest absolute Gasteiger partial charge is 0.395 e. The summed E-state index contributed by atoms with van der Waals surface area (Å²) in [5.74, 6) is -1.58. The van der Waals surface area contributed by atoms with Gasteiger partial charge in [0.1, 0.15) is 6.04 Å². The molecule has 0 bridgehead atoms. The summed E-state index contributed by atoms with van der Waals surface area (Å²) in [5, 5.41) is 9.67. The first kappa shape index (κ1) is 21.4. The zero-order valence-corrected chi connectivity index (χ0v) is 19.1. The Balaban J connectivity index is 1.90. The topological polar surface area (TPSA) is 81.2 Å². The van der Waals surface area contributed by atoms with E-state index in [0.29, 0.717) is 13.1 Å². The maximum atomic E-state index is 13.8. The zero-order valence-electron chi connectivity index (χ0n) is 18.3. The molecule has 0 radical (unpaired) electrons. The Hall–Kier alpha value is -1.80. The van der Waals surface area contributed by atoms with Gasteiger partial charge in [0.05, 0.1) is 23.2 Å². The third-order valence-electron chi connectivity index (χ3n) is 6.91. The van der Waals surface area contributed by atoms with E-state index in [1.54, 1.807) is 28.6 Å². The average Bonchev–Trinajstić information content (AvgIpc) is 2.90. The molecule has 4 aliphatic rings. The molecular formula is C22H31N3O4S. The lowest BCUT2D eigenvalue weighted by Gasteiger charge is -2.40. The van der Waals surface area contributed by atoms with E-state index in [1.807, 2.05) is 52.0 Å². The quantitative estimate of drug-likeness (QED) is 0.655. The molecule has 164 valence electrons. The summed E-state index contributed by atoms with van der Waals surface area (Å²) >= 11 is 1.57. The fourth-order valence-corrected chi connectivity index (χ4v) is 7.75. The van der Waals surface area contributed by atoms with Gasteiger partial charge >= 0.3 is 0 Å². The minimum Gasteiger partial charge on any atom is -0.395 e. The minimum absolute atomic E-state index is 0.0624. The van der Waals surface area contributed by atoms with Crippen molar-refractivity contribution in [1.29, 1.82) is 0 Å². The number of fused-ring (bicyclic) bond motifs is 2. The first-order chi connectivity index (χ1) is 14.0. The third kappa shape index (κ3) is 2.79. The molecule has 1 spiro atoms. The van der Waals surface area contributed by atoms with Gasteiger partial charge in [-0.25, -0.2) is 0 Å². The van der Waals surface area contributed by atoms with Gasteiger partial charge in [-0.3, -0.25) is 14.4 Å². The van der Waals surface area contributed by atoms with E-state index in [4.69, 9.17) is 0 Å². The number of amides is 3. The molecule has 7 nitrogen and oxygen atoms in total. The standard InChI is InChI=1S/C22H31N3O4S/c1-20(2,3)25-11-7-9-22-15(18(28)24(12-13-26)16(22)19(25)29)14-17(27)23(5)10-6-8-21(14,4)30-22/h6-9,14-16,26H,10-13H2,1-5H3/t14-,15+,16?,21+,22+/m1/s1. The van der Waals surface area contributed by atoms with Crippen LogP contribution >= 0.6 is 11.8 Å². The highest BCUT2D eigenvalue weighted by atomic mass is 32.2. The lowest BCUT2D eigenvalue weighted by Crippen LogP contribution is -2.57. The molecule has 0 aliphatic carbocycles. The number of aliphatic hydroxyl groups is 1. The van der Waals surface area contributed by atoms with E-state index in [2.05, 4.69) is 0 Å². The molecule has 0 saturated carbocycles. The number of likely N-dealkylation sites (N-methyl/N-ethyl adjacent to an activating group) is 1. The van der Waals surface area contributed by atoms with Crippen molar-refractivity contribution in [2.45, 2.75) is 48.8 Å². The first-order valence-electron chi connectivity index (χ1n) is 10.5. The molecule has 1 N–H and O–H groups in total. The number of hydrogen-bond donors (Lipinski definition) is 1. The molecule has 5 atom stereocenters. The van der Waals surface area contributed by atoms with E-state index in [0.717, 1.165) is 0 Å². The van der Waals surface area contributed by atoms with Crippen LogP contribution in [0.25, 0.3) is 0 Å². The lowest BCUT2D eigenvalue weighted by molar-refractivity contribution is -0.146. The van der Waals surface area contributed by atoms with Crippen LogP contribution in [0.15, 0.2) is 24.3 Å². The molecule has 3 amide bonds. The maximum Gasteiger partial charge on any atom is 0.247 e. The minimum atomic E-state index is -0.832. The zero-order chi connectivity index (χ0) is 22.1. The molecule has 0 aromatic heterocycles. The van der Waals surface area contributed by atoms with Crippen molar-refractivity contribution in [2.24, 2.45) is 11.8 Å². The van der Waals surface area contributed by atoms with Crippen LogP contribution in [0.2, 0.25) is 0 Å². The number of β-amino-alcohol motifs (C(OH)–C–C–N with tert-alkyl or cyclic N) is 1. The molecule has 4 rings (SSSR count). The number of nitrogens with zero attached hydrogens (tertiary/aromatic N) is 3. The Bertz CT molecular complexity index is 850. The summed E-state index contributed by atoms with van der Waals surface area (Å²) in [6, 6.07) is -0.736. The van der Waals surface area contributed by atoms with Crippen LogP contribution in [-0.4, -0.2) is 91.9 Å². The van der Waals surface area contributed by atoms with Crippen LogP contribution in [0.4, 0.5) is 0 Å². The number of carbonyl (C=O) groups is 3. The number of likely N-dealkylation sites (tertiary alicyclic amines) is 1. The highest BCUT2D eigenvalue weighted by Crippen LogP contribution is 2.65. The summed E-state index contributed by atoms with van der Waals surface area (Å²) in [5.41, 5.74) is -0.410. The van der Waals surface area contributed by atoms with Crippen LogP contribution < -0.4 is 0 Å². The van der Waals surface area contributed by atoms with Crippen LogP contribution in [0, 0.1) is 11.8 Å². The second-order valence-electron chi connectivity index (χ2n) is 9.90. The molecule has 4 aliphatic heterocycles. The van der Waals surface area contributed by atoms with Crippen molar-refractivity contribution in [3.63, 3.8) is 0 Å². The van der Waals surface area contributed by atoms with Crippen LogP contribution in [0.1, 0.15) is 27.7 Å². The fourth-order valence-electron chi connectivity index (χ4n) is 5.59. The highest BCUT2D eigenvalue weighted by molar-refractivity contribution is 8.02. The predicted octanol–water partition coefficient (Wildman–Crippen LogP) is 0.891. The third-order valence-corrected chi connectivity index (χ3v) is 8.71.